The van der Waals surface area contributed by atoms with Crippen LogP contribution in [0.1, 0.15) is 17.0 Å². The van der Waals surface area contributed by atoms with Gasteiger partial charge in [0.1, 0.15) is 16.4 Å². The van der Waals surface area contributed by atoms with E-state index in [1.807, 2.05) is 13.0 Å². The molecule has 23 heavy (non-hydrogen) atoms. The maximum absolute atomic E-state index is 11.5. The molecule has 0 radical (unpaired) electrons. The molecule has 122 valence electrons. The van der Waals surface area contributed by atoms with Crippen molar-refractivity contribution < 1.29 is 17.7 Å². The van der Waals surface area contributed by atoms with Gasteiger partial charge in [-0.2, -0.15) is 8.42 Å². The molecule has 0 aliphatic carbocycles. The van der Waals surface area contributed by atoms with Gasteiger partial charge in [-0.3, -0.25) is 4.55 Å². The van der Waals surface area contributed by atoms with E-state index in [4.69, 9.17) is 16.3 Å². The number of ether oxygens (including phenoxy) is 1. The van der Waals surface area contributed by atoms with E-state index < -0.39 is 10.1 Å². The summed E-state index contributed by atoms with van der Waals surface area (Å²) >= 11 is 6.22. The van der Waals surface area contributed by atoms with Gasteiger partial charge in [0.15, 0.2) is 0 Å². The van der Waals surface area contributed by atoms with E-state index in [-0.39, 0.29) is 10.6 Å². The molecule has 5 nitrogen and oxygen atoms in total. The molecule has 0 saturated carbocycles. The molecule has 2 N–H and O–H groups in total. The van der Waals surface area contributed by atoms with Crippen molar-refractivity contribution in [3.8, 4) is 11.5 Å². The van der Waals surface area contributed by atoms with Crippen molar-refractivity contribution in [2.45, 2.75) is 17.7 Å². The molecule has 1 saturated heterocycles. The number of hydrogen-bond donors (Lipinski definition) is 2. The van der Waals surface area contributed by atoms with Gasteiger partial charge in [-0.25, -0.2) is 0 Å². The lowest BCUT2D eigenvalue weighted by Crippen LogP contribution is -2.39. The van der Waals surface area contributed by atoms with Crippen LogP contribution < -0.4 is 10.1 Å². The number of hydrogen-bond acceptors (Lipinski definition) is 4. The van der Waals surface area contributed by atoms with E-state index in [2.05, 4.69) is 5.32 Å². The number of benzene rings is 2. The Hall–Kier alpha value is -1.60. The zero-order valence-electron chi connectivity index (χ0n) is 12.4. The maximum atomic E-state index is 11.5. The average Bonchev–Trinajstić information content (AvgIpc) is 2.39. The van der Waals surface area contributed by atoms with E-state index in [1.165, 1.54) is 6.07 Å². The number of aryl methyl sites for hydroxylation is 1. The van der Waals surface area contributed by atoms with Crippen LogP contribution >= 0.6 is 11.6 Å². The summed E-state index contributed by atoms with van der Waals surface area (Å²) < 4.78 is 38.0. The van der Waals surface area contributed by atoms with Gasteiger partial charge >= 0.3 is 0 Å². The molecule has 0 amide bonds. The Morgan fingerprint density at radius 1 is 1.22 bits per heavy atom. The predicted molar refractivity (Wildman–Crippen MR) is 88.1 cm³/mol. The first-order valence-corrected chi connectivity index (χ1v) is 8.92. The molecule has 0 unspecified atom stereocenters. The smallest absolute Gasteiger partial charge is 0.298 e. The quantitative estimate of drug-likeness (QED) is 0.824. The minimum absolute atomic E-state index is 0.0903. The molecular formula is C16H16ClNO4S. The molecule has 7 heteroatoms. The van der Waals surface area contributed by atoms with E-state index in [1.54, 1.807) is 24.3 Å². The number of rotatable bonds is 4. The van der Waals surface area contributed by atoms with Crippen LogP contribution in [-0.4, -0.2) is 26.1 Å². The Kier molecular flexibility index (Phi) is 4.33. The van der Waals surface area contributed by atoms with Crippen molar-refractivity contribution in [2.24, 2.45) is 0 Å². The second kappa shape index (κ2) is 6.13. The Morgan fingerprint density at radius 2 is 1.96 bits per heavy atom. The van der Waals surface area contributed by atoms with Gasteiger partial charge in [-0.05, 0) is 48.4 Å². The molecule has 2 aromatic rings. The zero-order chi connectivity index (χ0) is 16.6. The Morgan fingerprint density at radius 3 is 2.57 bits per heavy atom. The van der Waals surface area contributed by atoms with Gasteiger partial charge in [-0.15, -0.1) is 0 Å². The fourth-order valence-electron chi connectivity index (χ4n) is 2.44. The van der Waals surface area contributed by atoms with E-state index in [0.29, 0.717) is 16.7 Å². The summed E-state index contributed by atoms with van der Waals surface area (Å²) in [7, 11) is -4.36. The lowest BCUT2D eigenvalue weighted by molar-refractivity contribution is 0.437. The van der Waals surface area contributed by atoms with Gasteiger partial charge in [0.05, 0.1) is 0 Å². The van der Waals surface area contributed by atoms with Crippen molar-refractivity contribution in [2.75, 3.05) is 13.1 Å². The van der Waals surface area contributed by atoms with Crippen LogP contribution in [0, 0.1) is 6.92 Å². The van der Waals surface area contributed by atoms with Crippen LogP contribution in [0.25, 0.3) is 0 Å². The summed E-state index contributed by atoms with van der Waals surface area (Å²) in [5.41, 5.74) is 1.79. The molecule has 1 aliphatic heterocycles. The second-order valence-electron chi connectivity index (χ2n) is 5.57. The lowest BCUT2D eigenvalue weighted by Gasteiger charge is -2.28. The zero-order valence-corrected chi connectivity index (χ0v) is 14.0. The van der Waals surface area contributed by atoms with Crippen LogP contribution in [0.2, 0.25) is 5.02 Å². The third-order valence-electron chi connectivity index (χ3n) is 3.79. The SMILES string of the molecule is Cc1ccc(S(=O)(=O)O)c(Oc2ccc(Cl)c(C3CNC3)c2)c1. The Labute approximate surface area is 140 Å². The van der Waals surface area contributed by atoms with Crippen LogP contribution in [0.3, 0.4) is 0 Å². The topological polar surface area (TPSA) is 75.6 Å². The molecule has 1 heterocycles. The average molecular weight is 354 g/mol. The van der Waals surface area contributed by atoms with E-state index >= 15 is 0 Å². The monoisotopic (exact) mass is 353 g/mol. The summed E-state index contributed by atoms with van der Waals surface area (Å²) in [5.74, 6) is 0.893. The maximum Gasteiger partial charge on any atom is 0.298 e. The molecular weight excluding hydrogens is 338 g/mol. The van der Waals surface area contributed by atoms with Crippen molar-refractivity contribution in [3.63, 3.8) is 0 Å². The summed E-state index contributed by atoms with van der Waals surface area (Å²) in [4.78, 5) is -0.259. The summed E-state index contributed by atoms with van der Waals surface area (Å²) in [6.07, 6.45) is 0. The largest absolute Gasteiger partial charge is 0.456 e. The summed E-state index contributed by atoms with van der Waals surface area (Å²) in [6, 6.07) is 9.71. The first kappa shape index (κ1) is 16.3. The minimum atomic E-state index is -4.36. The molecule has 3 rings (SSSR count). The second-order valence-corrected chi connectivity index (χ2v) is 7.36. The fourth-order valence-corrected chi connectivity index (χ4v) is 3.31. The third-order valence-corrected chi connectivity index (χ3v) is 5.03. The first-order valence-electron chi connectivity index (χ1n) is 7.11. The van der Waals surface area contributed by atoms with Crippen molar-refractivity contribution in [1.29, 1.82) is 0 Å². The van der Waals surface area contributed by atoms with Gasteiger partial charge in [-0.1, -0.05) is 17.7 Å². The minimum Gasteiger partial charge on any atom is -0.456 e. The third kappa shape index (κ3) is 3.50. The molecule has 0 aromatic heterocycles. The van der Waals surface area contributed by atoms with Crippen LogP contribution in [0.5, 0.6) is 11.5 Å². The van der Waals surface area contributed by atoms with Gasteiger partial charge in [0, 0.05) is 24.0 Å². The molecule has 1 aliphatic rings. The highest BCUT2D eigenvalue weighted by molar-refractivity contribution is 7.86. The molecule has 0 spiro atoms. The molecule has 1 fully saturated rings. The van der Waals surface area contributed by atoms with Gasteiger partial charge < -0.3 is 10.1 Å². The predicted octanol–water partition coefficient (Wildman–Crippen LogP) is 3.37. The Balaban J connectivity index is 1.98. The fraction of sp³-hybridized carbons (Fsp3) is 0.250. The standard InChI is InChI=1S/C16H16ClNO4S/c1-10-2-5-16(23(19,20)21)15(6-10)22-12-3-4-14(17)13(7-12)11-8-18-9-11/h2-7,11,18H,8-9H2,1H3,(H,19,20,21). The van der Waals surface area contributed by atoms with Gasteiger partial charge in [0.2, 0.25) is 0 Å². The molecule has 2 aromatic carbocycles. The highest BCUT2D eigenvalue weighted by Gasteiger charge is 2.23. The lowest BCUT2D eigenvalue weighted by atomic mass is 9.93. The van der Waals surface area contributed by atoms with Crippen LogP contribution in [0.15, 0.2) is 41.3 Å². The number of halogens is 1. The highest BCUT2D eigenvalue weighted by atomic mass is 35.5. The normalized spacial score (nSPS) is 15.3. The van der Waals surface area contributed by atoms with Gasteiger partial charge in [0.25, 0.3) is 10.1 Å². The van der Waals surface area contributed by atoms with Crippen LogP contribution in [-0.2, 0) is 10.1 Å². The van der Waals surface area contributed by atoms with Crippen molar-refractivity contribution in [1.82, 2.24) is 5.32 Å². The summed E-state index contributed by atoms with van der Waals surface area (Å²) in [5, 5.41) is 3.84. The molecule has 0 bridgehead atoms. The molecule has 0 atom stereocenters. The van der Waals surface area contributed by atoms with E-state index in [9.17, 15) is 13.0 Å². The summed E-state index contributed by atoms with van der Waals surface area (Å²) in [6.45, 7) is 3.52. The highest BCUT2D eigenvalue weighted by Crippen LogP contribution is 2.34. The Bertz CT molecular complexity index is 847. The van der Waals surface area contributed by atoms with Crippen molar-refractivity contribution in [3.05, 3.63) is 52.5 Å². The van der Waals surface area contributed by atoms with Crippen molar-refractivity contribution >= 4 is 21.7 Å². The van der Waals surface area contributed by atoms with E-state index in [0.717, 1.165) is 24.2 Å². The number of nitrogens with one attached hydrogen (secondary N) is 1. The van der Waals surface area contributed by atoms with Crippen LogP contribution in [0.4, 0.5) is 0 Å². The first-order chi connectivity index (χ1) is 10.8.